The zero-order valence-electron chi connectivity index (χ0n) is 18.0. The summed E-state index contributed by atoms with van der Waals surface area (Å²) in [7, 11) is 0. The van der Waals surface area contributed by atoms with Crippen molar-refractivity contribution in [3.8, 4) is 0 Å². The van der Waals surface area contributed by atoms with Gasteiger partial charge in [0.15, 0.2) is 0 Å². The molecule has 1 fully saturated rings. The van der Waals surface area contributed by atoms with Gasteiger partial charge in [-0.05, 0) is 44.3 Å². The van der Waals surface area contributed by atoms with Gasteiger partial charge in [0, 0.05) is 24.6 Å². The van der Waals surface area contributed by atoms with Gasteiger partial charge in [-0.2, -0.15) is 11.8 Å². The summed E-state index contributed by atoms with van der Waals surface area (Å²) in [5.74, 6) is 1.33. The van der Waals surface area contributed by atoms with Crippen LogP contribution in [0.3, 0.4) is 0 Å². The fourth-order valence-corrected chi connectivity index (χ4v) is 5.10. The first kappa shape index (κ1) is 24.5. The van der Waals surface area contributed by atoms with E-state index in [1.54, 1.807) is 0 Å². The molecule has 0 aliphatic carbocycles. The molecule has 2 amide bonds. The second-order valence-corrected chi connectivity index (χ2v) is 9.45. The highest BCUT2D eigenvalue weighted by Gasteiger charge is 2.23. The lowest BCUT2D eigenvalue weighted by Gasteiger charge is -2.19. The molecule has 0 N–H and O–H groups in total. The van der Waals surface area contributed by atoms with E-state index < -0.39 is 0 Å². The van der Waals surface area contributed by atoms with Crippen molar-refractivity contribution in [1.29, 1.82) is 0 Å². The molecule has 3 nitrogen and oxygen atoms in total. The standard InChI is InChI=1S/C23H43NO2S/c1-3-5-7-8-10-16-21(15-6-4-2)27-20-14-9-13-19-24-22(25)17-11-12-18-23(24)26/h21H,3-20H2,1-2H3. The molecule has 1 saturated heterocycles. The molecule has 1 heterocycles. The van der Waals surface area contributed by atoms with Gasteiger partial charge >= 0.3 is 0 Å². The van der Waals surface area contributed by atoms with Crippen LogP contribution in [0.15, 0.2) is 0 Å². The summed E-state index contributed by atoms with van der Waals surface area (Å²) in [4.78, 5) is 25.5. The fraction of sp³-hybridized carbons (Fsp3) is 0.913. The van der Waals surface area contributed by atoms with Gasteiger partial charge in [0.25, 0.3) is 0 Å². The van der Waals surface area contributed by atoms with E-state index in [0.29, 0.717) is 19.4 Å². The Kier molecular flexibility index (Phi) is 14.9. The van der Waals surface area contributed by atoms with E-state index in [2.05, 4.69) is 25.6 Å². The molecule has 1 unspecified atom stereocenters. The van der Waals surface area contributed by atoms with Crippen LogP contribution in [0.1, 0.15) is 117 Å². The topological polar surface area (TPSA) is 37.4 Å². The molecule has 1 aliphatic rings. The average Bonchev–Trinajstić information content (AvgIpc) is 2.82. The number of carbonyl (C=O) groups excluding carboxylic acids is 2. The van der Waals surface area contributed by atoms with E-state index in [4.69, 9.17) is 0 Å². The van der Waals surface area contributed by atoms with Crippen LogP contribution in [-0.2, 0) is 9.59 Å². The van der Waals surface area contributed by atoms with Crippen LogP contribution in [0.4, 0.5) is 0 Å². The van der Waals surface area contributed by atoms with E-state index in [0.717, 1.165) is 30.9 Å². The number of hydrogen-bond acceptors (Lipinski definition) is 3. The van der Waals surface area contributed by atoms with Gasteiger partial charge in [-0.3, -0.25) is 14.5 Å². The number of imide groups is 1. The Hall–Kier alpha value is -0.510. The number of thioether (sulfide) groups is 1. The number of hydrogen-bond donors (Lipinski definition) is 0. The largest absolute Gasteiger partial charge is 0.283 e. The minimum atomic E-state index is 0.0505. The van der Waals surface area contributed by atoms with Gasteiger partial charge in [0.2, 0.25) is 11.8 Å². The molecule has 0 aromatic heterocycles. The van der Waals surface area contributed by atoms with Crippen molar-refractivity contribution < 1.29 is 9.59 Å². The molecule has 0 radical (unpaired) electrons. The molecule has 0 spiro atoms. The van der Waals surface area contributed by atoms with Gasteiger partial charge in [-0.25, -0.2) is 0 Å². The lowest BCUT2D eigenvalue weighted by Crippen LogP contribution is -2.35. The van der Waals surface area contributed by atoms with Crippen LogP contribution < -0.4 is 0 Å². The second-order valence-electron chi connectivity index (χ2n) is 8.04. The number of rotatable bonds is 16. The number of carbonyl (C=O) groups is 2. The third-order valence-corrected chi connectivity index (χ3v) is 6.99. The van der Waals surface area contributed by atoms with Crippen molar-refractivity contribution in [2.75, 3.05) is 12.3 Å². The van der Waals surface area contributed by atoms with Crippen molar-refractivity contribution in [2.24, 2.45) is 0 Å². The van der Waals surface area contributed by atoms with Crippen molar-refractivity contribution in [3.05, 3.63) is 0 Å². The van der Waals surface area contributed by atoms with Crippen molar-refractivity contribution >= 4 is 23.6 Å². The Balaban J connectivity index is 2.14. The minimum Gasteiger partial charge on any atom is -0.283 e. The Labute approximate surface area is 172 Å². The number of amides is 2. The first-order valence-corrected chi connectivity index (χ1v) is 12.7. The number of unbranched alkanes of at least 4 members (excludes halogenated alkanes) is 7. The summed E-state index contributed by atoms with van der Waals surface area (Å²) < 4.78 is 0. The van der Waals surface area contributed by atoms with Crippen molar-refractivity contribution in [2.45, 2.75) is 122 Å². The van der Waals surface area contributed by atoms with E-state index in [1.807, 2.05) is 0 Å². The maximum Gasteiger partial charge on any atom is 0.229 e. The molecule has 0 bridgehead atoms. The smallest absolute Gasteiger partial charge is 0.229 e. The average molecular weight is 398 g/mol. The zero-order valence-corrected chi connectivity index (χ0v) is 18.8. The fourth-order valence-electron chi connectivity index (χ4n) is 3.73. The van der Waals surface area contributed by atoms with Crippen LogP contribution in [0.25, 0.3) is 0 Å². The third kappa shape index (κ3) is 11.8. The molecular weight excluding hydrogens is 354 g/mol. The Morgan fingerprint density at radius 2 is 1.37 bits per heavy atom. The molecule has 1 aliphatic heterocycles. The normalized spacial score (nSPS) is 16.6. The molecular formula is C23H43NO2S. The minimum absolute atomic E-state index is 0.0505. The Morgan fingerprint density at radius 3 is 2.04 bits per heavy atom. The first-order valence-electron chi connectivity index (χ1n) is 11.6. The van der Waals surface area contributed by atoms with Gasteiger partial charge in [0.05, 0.1) is 0 Å². The third-order valence-electron chi connectivity index (χ3n) is 5.52. The molecule has 0 aromatic rings. The van der Waals surface area contributed by atoms with Crippen LogP contribution in [0.5, 0.6) is 0 Å². The summed E-state index contributed by atoms with van der Waals surface area (Å²) in [6.07, 6.45) is 18.4. The molecule has 1 rings (SSSR count). The van der Waals surface area contributed by atoms with Gasteiger partial charge in [-0.15, -0.1) is 0 Å². The van der Waals surface area contributed by atoms with Gasteiger partial charge < -0.3 is 0 Å². The summed E-state index contributed by atoms with van der Waals surface area (Å²) in [6, 6.07) is 0. The predicted molar refractivity (Wildman–Crippen MR) is 118 cm³/mol. The van der Waals surface area contributed by atoms with Crippen LogP contribution >= 0.6 is 11.8 Å². The van der Waals surface area contributed by atoms with Crippen molar-refractivity contribution in [1.82, 2.24) is 4.90 Å². The van der Waals surface area contributed by atoms with Crippen LogP contribution in [-0.4, -0.2) is 34.3 Å². The quantitative estimate of drug-likeness (QED) is 0.214. The van der Waals surface area contributed by atoms with Crippen LogP contribution in [0.2, 0.25) is 0 Å². The van der Waals surface area contributed by atoms with E-state index in [-0.39, 0.29) is 11.8 Å². The first-order chi connectivity index (χ1) is 13.2. The summed E-state index contributed by atoms with van der Waals surface area (Å²) >= 11 is 2.17. The summed E-state index contributed by atoms with van der Waals surface area (Å²) in [5, 5.41) is 0.834. The van der Waals surface area contributed by atoms with Gasteiger partial charge in [0.1, 0.15) is 0 Å². The van der Waals surface area contributed by atoms with Crippen LogP contribution in [0, 0.1) is 0 Å². The molecule has 0 aromatic carbocycles. The highest BCUT2D eigenvalue weighted by atomic mass is 32.2. The summed E-state index contributed by atoms with van der Waals surface area (Å²) in [6.45, 7) is 5.20. The van der Waals surface area contributed by atoms with Gasteiger partial charge in [-0.1, -0.05) is 65.2 Å². The summed E-state index contributed by atoms with van der Waals surface area (Å²) in [5.41, 5.74) is 0. The predicted octanol–water partition coefficient (Wildman–Crippen LogP) is 6.74. The maximum absolute atomic E-state index is 12.0. The Bertz CT molecular complexity index is 382. The van der Waals surface area contributed by atoms with E-state index in [9.17, 15) is 9.59 Å². The molecule has 4 heteroatoms. The van der Waals surface area contributed by atoms with E-state index >= 15 is 0 Å². The highest BCUT2D eigenvalue weighted by molar-refractivity contribution is 7.99. The molecule has 1 atom stereocenters. The molecule has 158 valence electrons. The van der Waals surface area contributed by atoms with Crippen molar-refractivity contribution in [3.63, 3.8) is 0 Å². The second kappa shape index (κ2) is 16.4. The molecule has 27 heavy (non-hydrogen) atoms. The Morgan fingerprint density at radius 1 is 0.778 bits per heavy atom. The molecule has 0 saturated carbocycles. The maximum atomic E-state index is 12.0. The zero-order chi connectivity index (χ0) is 19.7. The highest BCUT2D eigenvalue weighted by Crippen LogP contribution is 2.25. The number of likely N-dealkylation sites (tertiary alicyclic amines) is 1. The lowest BCUT2D eigenvalue weighted by atomic mass is 10.1. The number of nitrogens with zero attached hydrogens (tertiary/aromatic N) is 1. The lowest BCUT2D eigenvalue weighted by molar-refractivity contribution is -0.143. The van der Waals surface area contributed by atoms with E-state index in [1.165, 1.54) is 74.9 Å². The SMILES string of the molecule is CCCCCCCC(CCCC)SCCCCCN1C(=O)CCCCC1=O. The monoisotopic (exact) mass is 397 g/mol.